The van der Waals surface area contributed by atoms with Crippen molar-refractivity contribution in [3.8, 4) is 11.5 Å². The lowest BCUT2D eigenvalue weighted by atomic mass is 9.91. The molecule has 25 heavy (non-hydrogen) atoms. The Hall–Kier alpha value is -1.44. The Morgan fingerprint density at radius 1 is 1.28 bits per heavy atom. The van der Waals surface area contributed by atoms with Crippen LogP contribution < -0.4 is 25.6 Å². The van der Waals surface area contributed by atoms with Crippen molar-refractivity contribution in [1.82, 2.24) is 16.2 Å². The number of carbonyl (C=O) groups is 1. The van der Waals surface area contributed by atoms with E-state index in [9.17, 15) is 4.79 Å². The van der Waals surface area contributed by atoms with E-state index >= 15 is 0 Å². The maximum absolute atomic E-state index is 12.0. The first-order chi connectivity index (χ1) is 12.1. The molecule has 1 aromatic carbocycles. The topological polar surface area (TPSA) is 71.6 Å². The number of amides is 1. The predicted molar refractivity (Wildman–Crippen MR) is 99.8 cm³/mol. The molecule has 2 fully saturated rings. The first kappa shape index (κ1) is 18.4. The Labute approximate surface area is 153 Å². The summed E-state index contributed by atoms with van der Waals surface area (Å²) in [6.07, 6.45) is 2.06. The van der Waals surface area contributed by atoms with Crippen LogP contribution in [-0.2, 0) is 4.79 Å². The van der Waals surface area contributed by atoms with Gasteiger partial charge in [-0.25, -0.2) is 5.43 Å². The molecular formula is C18H27N3O3S. The van der Waals surface area contributed by atoms with Gasteiger partial charge in [-0.2, -0.15) is 0 Å². The lowest BCUT2D eigenvalue weighted by Crippen LogP contribution is -2.46. The average molecular weight is 365 g/mol. The lowest BCUT2D eigenvalue weighted by molar-refractivity contribution is -0.119. The maximum Gasteiger partial charge on any atom is 0.231 e. The number of nitrogens with one attached hydrogen (secondary N) is 3. The van der Waals surface area contributed by atoms with Gasteiger partial charge in [0.05, 0.1) is 25.6 Å². The fraction of sp³-hybridized carbons (Fsp3) is 0.611. The van der Waals surface area contributed by atoms with E-state index in [1.165, 1.54) is 0 Å². The van der Waals surface area contributed by atoms with Crippen molar-refractivity contribution in [1.29, 1.82) is 0 Å². The number of benzene rings is 1. The van der Waals surface area contributed by atoms with Crippen molar-refractivity contribution in [2.45, 2.75) is 44.1 Å². The zero-order valence-electron chi connectivity index (χ0n) is 15.0. The molecule has 6 nitrogen and oxygen atoms in total. The van der Waals surface area contributed by atoms with Gasteiger partial charge in [0.1, 0.15) is 0 Å². The van der Waals surface area contributed by atoms with Crippen LogP contribution in [0.4, 0.5) is 0 Å². The Kier molecular flexibility index (Phi) is 6.09. The standard InChI is InChI=1S/C18H27N3O3S/c1-4-5-8-24-13-7-6-12(9-14(13)23-3)17-16-11(2)20-21-18(16)19-15(22)10-25-17/h6-7,9,11,16-18,20-21H,4-5,8,10H2,1-3H3,(H,19,22). The normalized spacial score (nSPS) is 28.8. The number of carbonyl (C=O) groups excluding carboxylic acids is 1. The van der Waals surface area contributed by atoms with Gasteiger partial charge in [-0.3, -0.25) is 10.2 Å². The highest BCUT2D eigenvalue weighted by Gasteiger charge is 2.42. The van der Waals surface area contributed by atoms with E-state index in [1.54, 1.807) is 18.9 Å². The van der Waals surface area contributed by atoms with Crippen molar-refractivity contribution >= 4 is 17.7 Å². The van der Waals surface area contributed by atoms with Crippen molar-refractivity contribution in [3.63, 3.8) is 0 Å². The number of hydrogen-bond acceptors (Lipinski definition) is 6. The molecule has 0 radical (unpaired) electrons. The van der Waals surface area contributed by atoms with Gasteiger partial charge < -0.3 is 14.8 Å². The Balaban J connectivity index is 1.84. The fourth-order valence-electron chi connectivity index (χ4n) is 3.39. The SMILES string of the molecule is CCCCOc1ccc(C2SCC(=O)NC3NNC(C)C32)cc1OC. The lowest BCUT2D eigenvalue weighted by Gasteiger charge is -2.27. The van der Waals surface area contributed by atoms with E-state index in [2.05, 4.69) is 42.1 Å². The van der Waals surface area contributed by atoms with Gasteiger partial charge in [-0.15, -0.1) is 11.8 Å². The summed E-state index contributed by atoms with van der Waals surface area (Å²) < 4.78 is 11.4. The summed E-state index contributed by atoms with van der Waals surface area (Å²) in [4.78, 5) is 12.0. The maximum atomic E-state index is 12.0. The third kappa shape index (κ3) is 4.04. The molecule has 2 aliphatic rings. The third-order valence-electron chi connectivity index (χ3n) is 4.76. The highest BCUT2D eigenvalue weighted by Crippen LogP contribution is 2.44. The molecule has 0 aromatic heterocycles. The molecule has 0 aliphatic carbocycles. The van der Waals surface area contributed by atoms with E-state index in [-0.39, 0.29) is 29.3 Å². The highest BCUT2D eigenvalue weighted by atomic mass is 32.2. The van der Waals surface area contributed by atoms with Crippen LogP contribution in [0.25, 0.3) is 0 Å². The molecule has 138 valence electrons. The van der Waals surface area contributed by atoms with Crippen LogP contribution in [0.15, 0.2) is 18.2 Å². The molecule has 0 saturated carbocycles. The minimum Gasteiger partial charge on any atom is -0.493 e. The van der Waals surface area contributed by atoms with Gasteiger partial charge in [-0.05, 0) is 31.0 Å². The molecule has 7 heteroatoms. The van der Waals surface area contributed by atoms with Crippen LogP contribution >= 0.6 is 11.8 Å². The number of fused-ring (bicyclic) bond motifs is 1. The van der Waals surface area contributed by atoms with E-state index in [0.29, 0.717) is 12.4 Å². The number of hydrazine groups is 1. The summed E-state index contributed by atoms with van der Waals surface area (Å²) in [6, 6.07) is 6.39. The van der Waals surface area contributed by atoms with Crippen LogP contribution in [0.3, 0.4) is 0 Å². The molecular weight excluding hydrogens is 338 g/mol. The summed E-state index contributed by atoms with van der Waals surface area (Å²) in [5.41, 5.74) is 7.61. The van der Waals surface area contributed by atoms with Gasteiger partial charge in [0.25, 0.3) is 0 Å². The van der Waals surface area contributed by atoms with Crippen LogP contribution in [0, 0.1) is 5.92 Å². The quantitative estimate of drug-likeness (QED) is 0.672. The second-order valence-electron chi connectivity index (χ2n) is 6.54. The summed E-state index contributed by atoms with van der Waals surface area (Å²) in [7, 11) is 1.67. The smallest absolute Gasteiger partial charge is 0.231 e. The largest absolute Gasteiger partial charge is 0.493 e. The minimum absolute atomic E-state index is 0.0611. The Morgan fingerprint density at radius 3 is 2.88 bits per heavy atom. The van der Waals surface area contributed by atoms with E-state index in [4.69, 9.17) is 9.47 Å². The van der Waals surface area contributed by atoms with E-state index in [0.717, 1.165) is 29.9 Å². The zero-order chi connectivity index (χ0) is 17.8. The average Bonchev–Trinajstić information content (AvgIpc) is 2.87. The van der Waals surface area contributed by atoms with Crippen molar-refractivity contribution in [3.05, 3.63) is 23.8 Å². The van der Waals surface area contributed by atoms with Crippen LogP contribution in [-0.4, -0.2) is 37.6 Å². The second kappa shape index (κ2) is 8.29. The molecule has 1 aromatic rings. The number of rotatable bonds is 6. The molecule has 0 bridgehead atoms. The Morgan fingerprint density at radius 2 is 2.12 bits per heavy atom. The number of thioether (sulfide) groups is 1. The van der Waals surface area contributed by atoms with Gasteiger partial charge in [0, 0.05) is 17.2 Å². The number of unbranched alkanes of at least 4 members (excludes halogenated alkanes) is 1. The van der Waals surface area contributed by atoms with Crippen molar-refractivity contribution in [2.24, 2.45) is 5.92 Å². The van der Waals surface area contributed by atoms with E-state index < -0.39 is 0 Å². The molecule has 2 heterocycles. The Bertz CT molecular complexity index is 613. The molecule has 4 unspecified atom stereocenters. The van der Waals surface area contributed by atoms with Gasteiger partial charge in [0.2, 0.25) is 5.91 Å². The predicted octanol–water partition coefficient (Wildman–Crippen LogP) is 2.22. The molecule has 0 spiro atoms. The summed E-state index contributed by atoms with van der Waals surface area (Å²) in [6.45, 7) is 4.98. The molecule has 2 aliphatic heterocycles. The van der Waals surface area contributed by atoms with E-state index in [1.807, 2.05) is 6.07 Å². The van der Waals surface area contributed by atoms with Crippen molar-refractivity contribution < 1.29 is 14.3 Å². The molecule has 3 rings (SSSR count). The monoisotopic (exact) mass is 365 g/mol. The van der Waals surface area contributed by atoms with Crippen LogP contribution in [0.2, 0.25) is 0 Å². The number of methoxy groups -OCH3 is 1. The van der Waals surface area contributed by atoms with Gasteiger partial charge in [0.15, 0.2) is 11.5 Å². The molecule has 4 atom stereocenters. The first-order valence-electron chi connectivity index (χ1n) is 8.86. The van der Waals surface area contributed by atoms with Crippen LogP contribution in [0.1, 0.15) is 37.5 Å². The molecule has 3 N–H and O–H groups in total. The van der Waals surface area contributed by atoms with Gasteiger partial charge in [-0.1, -0.05) is 19.4 Å². The third-order valence-corrected chi connectivity index (χ3v) is 6.13. The summed E-state index contributed by atoms with van der Waals surface area (Å²) >= 11 is 1.68. The molecule has 2 saturated heterocycles. The first-order valence-corrected chi connectivity index (χ1v) is 9.91. The zero-order valence-corrected chi connectivity index (χ0v) is 15.8. The second-order valence-corrected chi connectivity index (χ2v) is 7.67. The van der Waals surface area contributed by atoms with Gasteiger partial charge >= 0.3 is 0 Å². The summed E-state index contributed by atoms with van der Waals surface area (Å²) in [5.74, 6) is 2.31. The minimum atomic E-state index is -0.0611. The van der Waals surface area contributed by atoms with Crippen LogP contribution in [0.5, 0.6) is 11.5 Å². The fourth-order valence-corrected chi connectivity index (χ4v) is 4.76. The van der Waals surface area contributed by atoms with Crippen molar-refractivity contribution in [2.75, 3.05) is 19.5 Å². The number of ether oxygens (including phenoxy) is 2. The number of hydrogen-bond donors (Lipinski definition) is 3. The summed E-state index contributed by atoms with van der Waals surface area (Å²) in [5, 5.41) is 3.25. The molecule has 1 amide bonds. The highest BCUT2D eigenvalue weighted by molar-refractivity contribution is 8.00.